The van der Waals surface area contributed by atoms with Crippen molar-refractivity contribution in [3.05, 3.63) is 11.3 Å². The van der Waals surface area contributed by atoms with Gasteiger partial charge in [-0.1, -0.05) is 0 Å². The molecule has 0 spiro atoms. The van der Waals surface area contributed by atoms with Gasteiger partial charge in [0.25, 0.3) is 0 Å². The van der Waals surface area contributed by atoms with Gasteiger partial charge in [-0.15, -0.1) is 0 Å². The highest BCUT2D eigenvalue weighted by molar-refractivity contribution is 6.16. The lowest BCUT2D eigenvalue weighted by Crippen LogP contribution is -2.15. The van der Waals surface area contributed by atoms with Crippen molar-refractivity contribution < 1.29 is 19.4 Å². The van der Waals surface area contributed by atoms with Gasteiger partial charge in [0.15, 0.2) is 5.78 Å². The minimum atomic E-state index is -0.773. The number of esters is 1. The summed E-state index contributed by atoms with van der Waals surface area (Å²) in [4.78, 5) is 21.7. The van der Waals surface area contributed by atoms with Crippen LogP contribution in [-0.4, -0.2) is 23.5 Å². The van der Waals surface area contributed by atoms with Crippen LogP contribution in [0.15, 0.2) is 11.3 Å². The number of carbonyl (C=O) groups is 2. The molecule has 0 aromatic heterocycles. The van der Waals surface area contributed by atoms with Crippen LogP contribution in [-0.2, 0) is 14.3 Å². The van der Waals surface area contributed by atoms with E-state index in [1.807, 2.05) is 0 Å². The second-order valence-electron chi connectivity index (χ2n) is 2.24. The molecule has 12 heavy (non-hydrogen) atoms. The van der Waals surface area contributed by atoms with Crippen molar-refractivity contribution in [3.8, 4) is 0 Å². The number of allylic oxidation sites excluding steroid dienone is 1. The molecular formula is C8H12O4. The lowest BCUT2D eigenvalue weighted by atomic mass is 10.1. The summed E-state index contributed by atoms with van der Waals surface area (Å²) >= 11 is 0. The van der Waals surface area contributed by atoms with Gasteiger partial charge in [0, 0.05) is 0 Å². The third-order valence-electron chi connectivity index (χ3n) is 1.19. The van der Waals surface area contributed by atoms with Crippen LogP contribution in [0.4, 0.5) is 0 Å². The van der Waals surface area contributed by atoms with Gasteiger partial charge in [0.1, 0.15) is 11.3 Å². The Hall–Kier alpha value is -1.32. The second-order valence-corrected chi connectivity index (χ2v) is 2.24. The van der Waals surface area contributed by atoms with Crippen molar-refractivity contribution in [2.75, 3.05) is 6.61 Å². The van der Waals surface area contributed by atoms with Crippen molar-refractivity contribution in [1.29, 1.82) is 0 Å². The molecule has 0 heterocycles. The lowest BCUT2D eigenvalue weighted by Gasteiger charge is -2.03. The first-order chi connectivity index (χ1) is 5.50. The number of carbonyl (C=O) groups excluding carboxylic acids is 2. The average Bonchev–Trinajstić information content (AvgIpc) is 1.85. The molecule has 0 atom stereocenters. The van der Waals surface area contributed by atoms with Crippen LogP contribution in [0, 0.1) is 0 Å². The maximum absolute atomic E-state index is 11.0. The average molecular weight is 172 g/mol. The van der Waals surface area contributed by atoms with E-state index < -0.39 is 11.8 Å². The van der Waals surface area contributed by atoms with E-state index in [0.29, 0.717) is 0 Å². The van der Waals surface area contributed by atoms with Crippen LogP contribution in [0.2, 0.25) is 0 Å². The molecule has 0 saturated heterocycles. The van der Waals surface area contributed by atoms with E-state index in [9.17, 15) is 9.59 Å². The van der Waals surface area contributed by atoms with Gasteiger partial charge in [-0.25, -0.2) is 4.79 Å². The van der Waals surface area contributed by atoms with Crippen molar-refractivity contribution in [2.45, 2.75) is 20.8 Å². The third-order valence-corrected chi connectivity index (χ3v) is 1.19. The zero-order valence-electron chi connectivity index (χ0n) is 7.38. The van der Waals surface area contributed by atoms with Crippen molar-refractivity contribution >= 4 is 11.8 Å². The molecule has 0 bridgehead atoms. The van der Waals surface area contributed by atoms with E-state index in [1.165, 1.54) is 13.8 Å². The molecule has 0 amide bonds. The molecule has 4 nitrogen and oxygen atoms in total. The summed E-state index contributed by atoms with van der Waals surface area (Å²) in [5, 5.41) is 8.94. The summed E-state index contributed by atoms with van der Waals surface area (Å²) in [6, 6.07) is 0. The molecule has 0 aromatic rings. The molecule has 0 aliphatic rings. The molecule has 68 valence electrons. The van der Waals surface area contributed by atoms with Crippen LogP contribution < -0.4 is 0 Å². The minimum absolute atomic E-state index is 0.183. The van der Waals surface area contributed by atoms with Gasteiger partial charge in [0.2, 0.25) is 0 Å². The normalized spacial score (nSPS) is 11.9. The summed E-state index contributed by atoms with van der Waals surface area (Å²) in [7, 11) is 0. The molecule has 0 unspecified atom stereocenters. The Bertz CT molecular complexity index is 223. The monoisotopic (exact) mass is 172 g/mol. The Balaban J connectivity index is 4.67. The molecule has 1 N–H and O–H groups in total. The summed E-state index contributed by atoms with van der Waals surface area (Å²) in [6.07, 6.45) is 0. The molecule has 0 fully saturated rings. The number of ketones is 1. The number of aliphatic hydroxyl groups is 1. The number of hydrogen-bond acceptors (Lipinski definition) is 4. The SMILES string of the molecule is CCOC(=O)/C(C(C)=O)=C(/C)O. The first-order valence-corrected chi connectivity index (χ1v) is 3.58. The zero-order chi connectivity index (χ0) is 9.72. The molecule has 0 aliphatic carbocycles. The minimum Gasteiger partial charge on any atom is -0.512 e. The summed E-state index contributed by atoms with van der Waals surface area (Å²) in [5.41, 5.74) is -0.281. The summed E-state index contributed by atoms with van der Waals surface area (Å²) in [6.45, 7) is 4.28. The molecular weight excluding hydrogens is 160 g/mol. The Kier molecular flexibility index (Phi) is 4.04. The molecule has 0 saturated carbocycles. The van der Waals surface area contributed by atoms with Crippen LogP contribution in [0.25, 0.3) is 0 Å². The first kappa shape index (κ1) is 10.7. The van der Waals surface area contributed by atoms with Crippen molar-refractivity contribution in [1.82, 2.24) is 0 Å². The number of ether oxygens (including phenoxy) is 1. The maximum Gasteiger partial charge on any atom is 0.345 e. The van der Waals surface area contributed by atoms with Gasteiger partial charge in [-0.05, 0) is 20.8 Å². The van der Waals surface area contributed by atoms with Crippen molar-refractivity contribution in [2.24, 2.45) is 0 Å². The fourth-order valence-corrected chi connectivity index (χ4v) is 0.749. The Morgan fingerprint density at radius 1 is 1.33 bits per heavy atom. The molecule has 0 rings (SSSR count). The molecule has 4 heteroatoms. The fraction of sp³-hybridized carbons (Fsp3) is 0.500. The van der Waals surface area contributed by atoms with E-state index in [0.717, 1.165) is 0 Å². The van der Waals surface area contributed by atoms with E-state index in [2.05, 4.69) is 4.74 Å². The predicted octanol–water partition coefficient (Wildman–Crippen LogP) is 0.971. The number of hydrogen-bond donors (Lipinski definition) is 1. The largest absolute Gasteiger partial charge is 0.512 e. The Labute approximate surface area is 70.8 Å². The first-order valence-electron chi connectivity index (χ1n) is 3.58. The Morgan fingerprint density at radius 3 is 2.08 bits per heavy atom. The quantitative estimate of drug-likeness (QED) is 0.226. The summed E-state index contributed by atoms with van der Waals surface area (Å²) in [5.74, 6) is -1.57. The molecule has 0 aliphatic heterocycles. The summed E-state index contributed by atoms with van der Waals surface area (Å²) < 4.78 is 4.55. The van der Waals surface area contributed by atoms with E-state index in [4.69, 9.17) is 5.11 Å². The highest BCUT2D eigenvalue weighted by Crippen LogP contribution is 2.04. The van der Waals surface area contributed by atoms with Crippen molar-refractivity contribution in [3.63, 3.8) is 0 Å². The topological polar surface area (TPSA) is 63.6 Å². The maximum atomic E-state index is 11.0. The predicted molar refractivity (Wildman–Crippen MR) is 42.6 cm³/mol. The number of rotatable bonds is 3. The standard InChI is InChI=1S/C8H12O4/c1-4-12-8(11)7(5(2)9)6(3)10/h9H,4H2,1-3H3/b7-5-. The van der Waals surface area contributed by atoms with Gasteiger partial charge >= 0.3 is 5.97 Å². The highest BCUT2D eigenvalue weighted by atomic mass is 16.5. The smallest absolute Gasteiger partial charge is 0.345 e. The van der Waals surface area contributed by atoms with Gasteiger partial charge < -0.3 is 9.84 Å². The molecule has 0 radical (unpaired) electrons. The van der Waals surface area contributed by atoms with Gasteiger partial charge in [0.05, 0.1) is 6.61 Å². The lowest BCUT2D eigenvalue weighted by molar-refractivity contribution is -0.140. The van der Waals surface area contributed by atoms with Crippen LogP contribution in [0.1, 0.15) is 20.8 Å². The van der Waals surface area contributed by atoms with Crippen LogP contribution >= 0.6 is 0 Å². The number of aliphatic hydroxyl groups excluding tert-OH is 1. The third kappa shape index (κ3) is 2.74. The van der Waals surface area contributed by atoms with E-state index >= 15 is 0 Å². The van der Waals surface area contributed by atoms with Crippen LogP contribution in [0.5, 0.6) is 0 Å². The van der Waals surface area contributed by atoms with Gasteiger partial charge in [-0.3, -0.25) is 4.79 Å². The second kappa shape index (κ2) is 4.54. The molecule has 0 aromatic carbocycles. The fourth-order valence-electron chi connectivity index (χ4n) is 0.749. The Morgan fingerprint density at radius 2 is 1.83 bits per heavy atom. The zero-order valence-corrected chi connectivity index (χ0v) is 7.38. The highest BCUT2D eigenvalue weighted by Gasteiger charge is 2.18. The van der Waals surface area contributed by atoms with Gasteiger partial charge in [-0.2, -0.15) is 0 Å². The number of Topliss-reactive ketones (excluding diaryl/α,β-unsaturated/α-hetero) is 1. The van der Waals surface area contributed by atoms with Crippen LogP contribution in [0.3, 0.4) is 0 Å². The van der Waals surface area contributed by atoms with E-state index in [1.54, 1.807) is 6.92 Å². The van der Waals surface area contributed by atoms with E-state index in [-0.39, 0.29) is 17.9 Å².